The molecule has 1 aromatic heterocycles. The second-order valence-corrected chi connectivity index (χ2v) is 5.89. The largest absolute Gasteiger partial charge is 0.391 e. The highest BCUT2D eigenvalue weighted by Gasteiger charge is 2.33. The van der Waals surface area contributed by atoms with Gasteiger partial charge in [-0.25, -0.2) is 0 Å². The Morgan fingerprint density at radius 3 is 2.80 bits per heavy atom. The maximum Gasteiger partial charge on any atom is 0.0695 e. The van der Waals surface area contributed by atoms with Crippen molar-refractivity contribution in [1.82, 2.24) is 9.88 Å². The van der Waals surface area contributed by atoms with Gasteiger partial charge >= 0.3 is 0 Å². The molecule has 0 radical (unpaired) electrons. The Bertz CT molecular complexity index is 398. The van der Waals surface area contributed by atoms with Crippen LogP contribution in [0, 0.1) is 0 Å². The van der Waals surface area contributed by atoms with Crippen LogP contribution in [-0.4, -0.2) is 40.2 Å². The lowest BCUT2D eigenvalue weighted by Crippen LogP contribution is -2.49. The third-order valence-electron chi connectivity index (χ3n) is 4.56. The van der Waals surface area contributed by atoms with Crippen LogP contribution >= 0.6 is 0 Å². The maximum atomic E-state index is 10.3. The molecule has 3 N–H and O–H groups in total. The van der Waals surface area contributed by atoms with E-state index >= 15 is 0 Å². The first-order chi connectivity index (χ1) is 9.65. The predicted octanol–water partition coefficient (Wildman–Crippen LogP) is 2.10. The van der Waals surface area contributed by atoms with Gasteiger partial charge in [0.15, 0.2) is 0 Å². The molecule has 0 spiro atoms. The lowest BCUT2D eigenvalue weighted by molar-refractivity contribution is 0.00637. The molecule has 0 bridgehead atoms. The summed E-state index contributed by atoms with van der Waals surface area (Å²) in [6, 6.07) is 4.41. The Kier molecular flexibility index (Phi) is 5.52. The summed E-state index contributed by atoms with van der Waals surface area (Å²) >= 11 is 0. The lowest BCUT2D eigenvalue weighted by Gasteiger charge is -2.42. The zero-order valence-electron chi connectivity index (χ0n) is 12.6. The van der Waals surface area contributed by atoms with Crippen molar-refractivity contribution >= 4 is 0 Å². The Balaban J connectivity index is 2.22. The second-order valence-electron chi connectivity index (χ2n) is 5.89. The number of nitrogens with two attached hydrogens (primary N) is 1. The van der Waals surface area contributed by atoms with E-state index in [-0.39, 0.29) is 24.2 Å². The van der Waals surface area contributed by atoms with Crippen LogP contribution in [0.2, 0.25) is 0 Å². The standard InChI is InChI=1S/C16H27N3O/c1-3-13(17)16(12-7-6-10-18-11-12)19(2)14-8-4-5-9-15(14)20/h6-7,10-11,13-16,20H,3-5,8-9,17H2,1-2H3. The van der Waals surface area contributed by atoms with Gasteiger partial charge in [0.2, 0.25) is 0 Å². The molecule has 112 valence electrons. The third-order valence-corrected chi connectivity index (χ3v) is 4.56. The molecule has 1 heterocycles. The lowest BCUT2D eigenvalue weighted by atomic mass is 9.88. The number of nitrogens with zero attached hydrogens (tertiary/aromatic N) is 2. The van der Waals surface area contributed by atoms with Crippen molar-refractivity contribution in [3.63, 3.8) is 0 Å². The molecule has 4 atom stereocenters. The van der Waals surface area contributed by atoms with E-state index in [1.54, 1.807) is 6.20 Å². The second kappa shape index (κ2) is 7.16. The summed E-state index contributed by atoms with van der Waals surface area (Å²) in [7, 11) is 2.09. The van der Waals surface area contributed by atoms with E-state index in [0.717, 1.165) is 31.2 Å². The molecule has 4 nitrogen and oxygen atoms in total. The normalized spacial score (nSPS) is 26.4. The van der Waals surface area contributed by atoms with Crippen molar-refractivity contribution in [2.75, 3.05) is 7.05 Å². The van der Waals surface area contributed by atoms with Crippen molar-refractivity contribution in [3.8, 4) is 0 Å². The van der Waals surface area contributed by atoms with E-state index in [1.807, 2.05) is 12.3 Å². The van der Waals surface area contributed by atoms with Gasteiger partial charge < -0.3 is 10.8 Å². The maximum absolute atomic E-state index is 10.3. The molecule has 2 rings (SSSR count). The summed E-state index contributed by atoms with van der Waals surface area (Å²) in [6.07, 6.45) is 8.61. The molecule has 0 saturated heterocycles. The van der Waals surface area contributed by atoms with Crippen LogP contribution in [-0.2, 0) is 0 Å². The average Bonchev–Trinajstić information content (AvgIpc) is 2.48. The van der Waals surface area contributed by atoms with Gasteiger partial charge in [-0.3, -0.25) is 9.88 Å². The van der Waals surface area contributed by atoms with Crippen molar-refractivity contribution in [1.29, 1.82) is 0 Å². The smallest absolute Gasteiger partial charge is 0.0695 e. The van der Waals surface area contributed by atoms with E-state index in [1.165, 1.54) is 6.42 Å². The number of pyridine rings is 1. The van der Waals surface area contributed by atoms with Gasteiger partial charge in [0.25, 0.3) is 0 Å². The van der Waals surface area contributed by atoms with Crippen molar-refractivity contribution in [3.05, 3.63) is 30.1 Å². The number of hydrogen-bond acceptors (Lipinski definition) is 4. The zero-order chi connectivity index (χ0) is 14.5. The third kappa shape index (κ3) is 3.37. The fraction of sp³-hybridized carbons (Fsp3) is 0.688. The van der Waals surface area contributed by atoms with Crippen LogP contribution in [0.1, 0.15) is 50.6 Å². The first kappa shape index (κ1) is 15.4. The summed E-state index contributed by atoms with van der Waals surface area (Å²) < 4.78 is 0. The molecule has 0 aromatic carbocycles. The minimum atomic E-state index is -0.239. The molecule has 0 amide bonds. The van der Waals surface area contributed by atoms with Crippen molar-refractivity contribution < 1.29 is 5.11 Å². The van der Waals surface area contributed by atoms with Gasteiger partial charge in [-0.1, -0.05) is 25.8 Å². The van der Waals surface area contributed by atoms with E-state index in [0.29, 0.717) is 0 Å². The summed E-state index contributed by atoms with van der Waals surface area (Å²) in [5, 5.41) is 10.3. The SMILES string of the molecule is CCC(N)C(c1cccnc1)N(C)C1CCCCC1O. The molecule has 1 saturated carbocycles. The fourth-order valence-electron chi connectivity index (χ4n) is 3.33. The number of aromatic nitrogens is 1. The highest BCUT2D eigenvalue weighted by Crippen LogP contribution is 2.31. The van der Waals surface area contributed by atoms with Crippen LogP contribution in [0.3, 0.4) is 0 Å². The Labute approximate surface area is 122 Å². The minimum Gasteiger partial charge on any atom is -0.391 e. The van der Waals surface area contributed by atoms with E-state index in [2.05, 4.69) is 29.9 Å². The molecule has 0 aliphatic heterocycles. The van der Waals surface area contributed by atoms with Crippen molar-refractivity contribution in [2.24, 2.45) is 5.73 Å². The molecular weight excluding hydrogens is 250 g/mol. The molecule has 1 fully saturated rings. The molecule has 1 aliphatic rings. The van der Waals surface area contributed by atoms with Crippen LogP contribution < -0.4 is 5.73 Å². The van der Waals surface area contributed by atoms with E-state index in [9.17, 15) is 5.11 Å². The van der Waals surface area contributed by atoms with Gasteiger partial charge in [-0.05, 0) is 37.9 Å². The molecule has 4 heteroatoms. The molecule has 1 aliphatic carbocycles. The monoisotopic (exact) mass is 277 g/mol. The molecular formula is C16H27N3O. The van der Waals surface area contributed by atoms with Gasteiger partial charge in [0.1, 0.15) is 0 Å². The van der Waals surface area contributed by atoms with Crippen LogP contribution in [0.5, 0.6) is 0 Å². The van der Waals surface area contributed by atoms with Gasteiger partial charge in [-0.15, -0.1) is 0 Å². The summed E-state index contributed by atoms with van der Waals surface area (Å²) in [5.74, 6) is 0. The number of rotatable bonds is 5. The zero-order valence-corrected chi connectivity index (χ0v) is 12.6. The predicted molar refractivity (Wildman–Crippen MR) is 81.3 cm³/mol. The Hall–Kier alpha value is -0.970. The first-order valence-corrected chi connectivity index (χ1v) is 7.70. The van der Waals surface area contributed by atoms with Gasteiger partial charge in [0, 0.05) is 24.5 Å². The Morgan fingerprint density at radius 1 is 1.45 bits per heavy atom. The molecule has 20 heavy (non-hydrogen) atoms. The highest BCUT2D eigenvalue weighted by atomic mass is 16.3. The number of hydrogen-bond donors (Lipinski definition) is 2. The molecule has 4 unspecified atom stereocenters. The van der Waals surface area contributed by atoms with Crippen LogP contribution in [0.15, 0.2) is 24.5 Å². The number of aliphatic hydroxyl groups is 1. The van der Waals surface area contributed by atoms with Gasteiger partial charge in [0.05, 0.1) is 12.1 Å². The molecule has 1 aromatic rings. The number of aliphatic hydroxyl groups excluding tert-OH is 1. The summed E-state index contributed by atoms with van der Waals surface area (Å²) in [5.41, 5.74) is 7.49. The minimum absolute atomic E-state index is 0.0540. The van der Waals surface area contributed by atoms with E-state index in [4.69, 9.17) is 5.73 Å². The van der Waals surface area contributed by atoms with E-state index < -0.39 is 0 Å². The Morgan fingerprint density at radius 2 is 2.20 bits per heavy atom. The quantitative estimate of drug-likeness (QED) is 0.865. The highest BCUT2D eigenvalue weighted by molar-refractivity contribution is 5.17. The van der Waals surface area contributed by atoms with Crippen molar-refractivity contribution in [2.45, 2.75) is 63.3 Å². The summed E-state index contributed by atoms with van der Waals surface area (Å²) in [4.78, 5) is 6.50. The summed E-state index contributed by atoms with van der Waals surface area (Å²) in [6.45, 7) is 2.11. The van der Waals surface area contributed by atoms with Crippen LogP contribution in [0.25, 0.3) is 0 Å². The van der Waals surface area contributed by atoms with Gasteiger partial charge in [-0.2, -0.15) is 0 Å². The first-order valence-electron chi connectivity index (χ1n) is 7.70. The number of likely N-dealkylation sites (N-methyl/N-ethyl adjacent to an activating group) is 1. The fourth-order valence-corrected chi connectivity index (χ4v) is 3.33. The van der Waals surface area contributed by atoms with Crippen LogP contribution in [0.4, 0.5) is 0 Å². The average molecular weight is 277 g/mol. The topological polar surface area (TPSA) is 62.4 Å².